The highest BCUT2D eigenvalue weighted by Gasteiger charge is 2.22. The summed E-state index contributed by atoms with van der Waals surface area (Å²) in [6.07, 6.45) is 0. The zero-order chi connectivity index (χ0) is 21.4. The molecule has 1 aliphatic rings. The number of hydrogen-bond donors (Lipinski definition) is 0. The summed E-state index contributed by atoms with van der Waals surface area (Å²) in [4.78, 5) is 30.5. The normalized spacial score (nSPS) is 14.4. The van der Waals surface area contributed by atoms with E-state index in [9.17, 15) is 9.59 Å². The molecule has 5 rings (SSSR count). The molecule has 2 heterocycles. The number of hydrogen-bond acceptors (Lipinski definition) is 3. The number of piperazine rings is 1. The number of rotatable bonds is 3. The lowest BCUT2D eigenvalue weighted by molar-refractivity contribution is -0.132. The van der Waals surface area contributed by atoms with Crippen LogP contribution in [0.3, 0.4) is 0 Å². The maximum absolute atomic E-state index is 13.3. The maximum Gasteiger partial charge on any atom is 0.242 e. The van der Waals surface area contributed by atoms with E-state index in [2.05, 4.69) is 17.0 Å². The molecule has 1 saturated heterocycles. The van der Waals surface area contributed by atoms with E-state index in [1.807, 2.05) is 77.1 Å². The second kappa shape index (κ2) is 7.91. The summed E-state index contributed by atoms with van der Waals surface area (Å²) in [6, 6.07) is 23.8. The molecule has 1 amide bonds. The number of carbonyl (C=O) groups is 1. The summed E-state index contributed by atoms with van der Waals surface area (Å²) in [5.41, 5.74) is 3.87. The second-order valence-electron chi connectivity index (χ2n) is 8.16. The Kier molecular flexibility index (Phi) is 4.94. The molecule has 31 heavy (non-hydrogen) atoms. The fourth-order valence-electron chi connectivity index (χ4n) is 4.50. The molecule has 0 N–H and O–H groups in total. The fraction of sp³-hybridized carbons (Fsp3) is 0.231. The van der Waals surface area contributed by atoms with E-state index in [-0.39, 0.29) is 17.9 Å². The van der Waals surface area contributed by atoms with Crippen LogP contribution in [0, 0.1) is 6.92 Å². The molecule has 0 spiro atoms. The molecule has 0 atom stereocenters. The lowest BCUT2D eigenvalue weighted by atomic mass is 10.1. The van der Waals surface area contributed by atoms with Gasteiger partial charge in [0.1, 0.15) is 6.54 Å². The Hall–Kier alpha value is -3.60. The van der Waals surface area contributed by atoms with Gasteiger partial charge in [-0.3, -0.25) is 9.59 Å². The molecule has 0 radical (unpaired) electrons. The molecule has 0 bridgehead atoms. The third-order valence-corrected chi connectivity index (χ3v) is 6.17. The van der Waals surface area contributed by atoms with Gasteiger partial charge < -0.3 is 14.4 Å². The molecule has 1 aromatic heterocycles. The zero-order valence-electron chi connectivity index (χ0n) is 17.6. The first-order valence-electron chi connectivity index (χ1n) is 10.7. The number of amides is 1. The third-order valence-electron chi connectivity index (χ3n) is 6.17. The average molecular weight is 412 g/mol. The van der Waals surface area contributed by atoms with Gasteiger partial charge in [0.2, 0.25) is 5.91 Å². The molecular formula is C26H25N3O2. The number of carbonyl (C=O) groups excluding carboxylic acids is 1. The smallest absolute Gasteiger partial charge is 0.242 e. The van der Waals surface area contributed by atoms with Crippen LogP contribution in [0.15, 0.2) is 77.6 Å². The highest BCUT2D eigenvalue weighted by molar-refractivity contribution is 5.95. The van der Waals surface area contributed by atoms with Gasteiger partial charge in [-0.05, 0) is 43.3 Å². The monoisotopic (exact) mass is 411 g/mol. The van der Waals surface area contributed by atoms with Gasteiger partial charge in [-0.15, -0.1) is 0 Å². The lowest BCUT2D eigenvalue weighted by Gasteiger charge is -2.36. The number of aryl methyl sites for hydroxylation is 1. The standard InChI is InChI=1S/C26H25N3O2/c1-19-11-12-24-22(17-19)26(31)21-9-5-6-10-23(21)29(24)18-25(30)28-15-13-27(14-16-28)20-7-3-2-4-8-20/h2-12,17H,13-16,18H2,1H3. The number of anilines is 1. The van der Waals surface area contributed by atoms with Crippen LogP contribution in [0.1, 0.15) is 5.56 Å². The topological polar surface area (TPSA) is 45.6 Å². The van der Waals surface area contributed by atoms with Crippen molar-refractivity contribution in [3.8, 4) is 0 Å². The minimum Gasteiger partial charge on any atom is -0.368 e. The molecular weight excluding hydrogens is 386 g/mol. The quantitative estimate of drug-likeness (QED) is 0.482. The van der Waals surface area contributed by atoms with Crippen LogP contribution in [-0.4, -0.2) is 41.6 Å². The maximum atomic E-state index is 13.3. The molecule has 156 valence electrons. The number of benzene rings is 3. The first kappa shape index (κ1) is 19.4. The van der Waals surface area contributed by atoms with Crippen molar-refractivity contribution in [2.45, 2.75) is 13.5 Å². The Morgan fingerprint density at radius 2 is 1.48 bits per heavy atom. The van der Waals surface area contributed by atoms with E-state index < -0.39 is 0 Å². The highest BCUT2D eigenvalue weighted by Crippen LogP contribution is 2.21. The van der Waals surface area contributed by atoms with Crippen LogP contribution in [-0.2, 0) is 11.3 Å². The van der Waals surface area contributed by atoms with Gasteiger partial charge >= 0.3 is 0 Å². The molecule has 1 fully saturated rings. The van der Waals surface area contributed by atoms with Crippen molar-refractivity contribution >= 4 is 33.4 Å². The van der Waals surface area contributed by atoms with E-state index in [1.165, 1.54) is 5.69 Å². The minimum absolute atomic E-state index is 0.0227. The number of pyridine rings is 1. The van der Waals surface area contributed by atoms with Gasteiger partial charge in [0, 0.05) is 42.6 Å². The molecule has 0 unspecified atom stereocenters. The van der Waals surface area contributed by atoms with Crippen LogP contribution in [0.25, 0.3) is 21.8 Å². The Labute approximate surface area is 181 Å². The van der Waals surface area contributed by atoms with E-state index in [0.29, 0.717) is 23.9 Å². The molecule has 0 saturated carbocycles. The van der Waals surface area contributed by atoms with Crippen molar-refractivity contribution in [1.82, 2.24) is 9.47 Å². The Bertz CT molecular complexity index is 1320. The number of fused-ring (bicyclic) bond motifs is 2. The van der Waals surface area contributed by atoms with Gasteiger partial charge in [-0.1, -0.05) is 42.0 Å². The third kappa shape index (κ3) is 3.56. The summed E-state index contributed by atoms with van der Waals surface area (Å²) < 4.78 is 2.00. The van der Waals surface area contributed by atoms with Crippen LogP contribution in [0.5, 0.6) is 0 Å². The van der Waals surface area contributed by atoms with Crippen LogP contribution in [0.4, 0.5) is 5.69 Å². The lowest BCUT2D eigenvalue weighted by Crippen LogP contribution is -2.49. The second-order valence-corrected chi connectivity index (χ2v) is 8.16. The molecule has 0 aliphatic carbocycles. The van der Waals surface area contributed by atoms with Gasteiger partial charge in [0.05, 0.1) is 11.0 Å². The van der Waals surface area contributed by atoms with Crippen LogP contribution in [0.2, 0.25) is 0 Å². The van der Waals surface area contributed by atoms with Gasteiger partial charge in [-0.2, -0.15) is 0 Å². The summed E-state index contributed by atoms with van der Waals surface area (Å²) in [7, 11) is 0. The van der Waals surface area contributed by atoms with Gasteiger partial charge in [-0.25, -0.2) is 0 Å². The summed E-state index contributed by atoms with van der Waals surface area (Å²) in [6.45, 7) is 5.24. The number of aromatic nitrogens is 1. The van der Waals surface area contributed by atoms with Gasteiger partial charge in [0.15, 0.2) is 5.43 Å². The van der Waals surface area contributed by atoms with Crippen molar-refractivity contribution in [1.29, 1.82) is 0 Å². The van der Waals surface area contributed by atoms with E-state index in [4.69, 9.17) is 0 Å². The van der Waals surface area contributed by atoms with Crippen LogP contribution >= 0.6 is 0 Å². The minimum atomic E-state index is 0.0227. The predicted octanol–water partition coefficient (Wildman–Crippen LogP) is 3.81. The molecule has 3 aromatic carbocycles. The predicted molar refractivity (Wildman–Crippen MR) is 126 cm³/mol. The van der Waals surface area contributed by atoms with Gasteiger partial charge in [0.25, 0.3) is 0 Å². The summed E-state index contributed by atoms with van der Waals surface area (Å²) in [5.74, 6) is 0.0865. The Morgan fingerprint density at radius 1 is 0.806 bits per heavy atom. The first-order chi connectivity index (χ1) is 15.1. The number of para-hydroxylation sites is 2. The van der Waals surface area contributed by atoms with Crippen molar-refractivity contribution in [3.63, 3.8) is 0 Å². The zero-order valence-corrected chi connectivity index (χ0v) is 17.6. The average Bonchev–Trinajstić information content (AvgIpc) is 2.82. The summed E-state index contributed by atoms with van der Waals surface area (Å²) in [5, 5.41) is 1.32. The molecule has 4 aromatic rings. The molecule has 1 aliphatic heterocycles. The van der Waals surface area contributed by atoms with E-state index in [0.717, 1.165) is 29.7 Å². The van der Waals surface area contributed by atoms with E-state index >= 15 is 0 Å². The van der Waals surface area contributed by atoms with Crippen molar-refractivity contribution in [2.24, 2.45) is 0 Å². The largest absolute Gasteiger partial charge is 0.368 e. The van der Waals surface area contributed by atoms with Crippen LogP contribution < -0.4 is 10.3 Å². The summed E-state index contributed by atoms with van der Waals surface area (Å²) >= 11 is 0. The highest BCUT2D eigenvalue weighted by atomic mass is 16.2. The molecule has 5 nitrogen and oxygen atoms in total. The SMILES string of the molecule is Cc1ccc2c(c1)c(=O)c1ccccc1n2CC(=O)N1CCN(c2ccccc2)CC1. The Morgan fingerprint density at radius 3 is 2.26 bits per heavy atom. The van der Waals surface area contributed by atoms with Crippen molar-refractivity contribution < 1.29 is 4.79 Å². The number of nitrogens with zero attached hydrogens (tertiary/aromatic N) is 3. The van der Waals surface area contributed by atoms with Crippen molar-refractivity contribution in [3.05, 3.63) is 88.6 Å². The first-order valence-corrected chi connectivity index (χ1v) is 10.7. The Balaban J connectivity index is 1.44. The molecule has 5 heteroatoms. The van der Waals surface area contributed by atoms with Crippen molar-refractivity contribution in [2.75, 3.05) is 31.1 Å². The van der Waals surface area contributed by atoms with E-state index in [1.54, 1.807) is 0 Å². The fourth-order valence-corrected chi connectivity index (χ4v) is 4.50.